The predicted octanol–water partition coefficient (Wildman–Crippen LogP) is 3.73. The molecule has 0 aliphatic carbocycles. The van der Waals surface area contributed by atoms with Crippen LogP contribution in [-0.4, -0.2) is 34.7 Å². The second-order valence-corrected chi connectivity index (χ2v) is 7.09. The first-order chi connectivity index (χ1) is 11.9. The number of hydrogen-bond donors (Lipinski definition) is 1. The molecule has 1 aliphatic heterocycles. The number of aromatic nitrogens is 2. The van der Waals surface area contributed by atoms with Gasteiger partial charge in [-0.1, -0.05) is 15.9 Å². The van der Waals surface area contributed by atoms with Gasteiger partial charge >= 0.3 is 6.09 Å². The normalized spacial score (nSPS) is 12.9. The number of anilines is 1. The van der Waals surface area contributed by atoms with Gasteiger partial charge in [-0.15, -0.1) is 0 Å². The van der Waals surface area contributed by atoms with Gasteiger partial charge in [0.05, 0.1) is 42.7 Å². The third kappa shape index (κ3) is 3.43. The molecular weight excluding hydrogens is 456 g/mol. The van der Waals surface area contributed by atoms with Crippen LogP contribution in [0.2, 0.25) is 0 Å². The highest BCUT2D eigenvalue weighted by Gasteiger charge is 2.30. The van der Waals surface area contributed by atoms with E-state index in [-0.39, 0.29) is 12.0 Å². The Bertz CT molecular complexity index is 845. The van der Waals surface area contributed by atoms with Gasteiger partial charge in [-0.2, -0.15) is 0 Å². The van der Waals surface area contributed by atoms with Crippen LogP contribution in [0.4, 0.5) is 10.7 Å². The fourth-order valence-electron chi connectivity index (χ4n) is 2.71. The van der Waals surface area contributed by atoms with Crippen LogP contribution in [0.1, 0.15) is 18.2 Å². The van der Waals surface area contributed by atoms with Crippen LogP contribution < -0.4 is 10.5 Å². The zero-order valence-corrected chi connectivity index (χ0v) is 16.8. The molecule has 2 heterocycles. The van der Waals surface area contributed by atoms with E-state index in [0.717, 1.165) is 25.8 Å². The molecule has 2 aromatic rings. The summed E-state index contributed by atoms with van der Waals surface area (Å²) in [6, 6.07) is 3.75. The smallest absolute Gasteiger partial charge is 0.410 e. The van der Waals surface area contributed by atoms with Crippen LogP contribution in [0, 0.1) is 0 Å². The van der Waals surface area contributed by atoms with Crippen molar-refractivity contribution < 1.29 is 14.3 Å². The second-order valence-electron chi connectivity index (χ2n) is 5.38. The van der Waals surface area contributed by atoms with Crippen LogP contribution in [0.5, 0.6) is 5.75 Å². The first-order valence-corrected chi connectivity index (χ1v) is 9.13. The van der Waals surface area contributed by atoms with Gasteiger partial charge in [0.2, 0.25) is 5.95 Å². The lowest BCUT2D eigenvalue weighted by atomic mass is 10.1. The molecule has 0 unspecified atom stereocenters. The summed E-state index contributed by atoms with van der Waals surface area (Å²) in [5.41, 5.74) is 8.96. The largest absolute Gasteiger partial charge is 0.496 e. The molecule has 1 aromatic heterocycles. The number of halogens is 2. The van der Waals surface area contributed by atoms with Gasteiger partial charge in [0.25, 0.3) is 0 Å². The van der Waals surface area contributed by atoms with E-state index < -0.39 is 0 Å². The molecule has 1 aliphatic rings. The average molecular weight is 472 g/mol. The van der Waals surface area contributed by atoms with Gasteiger partial charge in [-0.25, -0.2) is 14.8 Å². The number of nitrogens with zero attached hydrogens (tertiary/aromatic N) is 3. The molecule has 0 spiro atoms. The van der Waals surface area contributed by atoms with Gasteiger partial charge in [0.15, 0.2) is 0 Å². The molecule has 0 saturated carbocycles. The van der Waals surface area contributed by atoms with Crippen molar-refractivity contribution in [2.24, 2.45) is 0 Å². The van der Waals surface area contributed by atoms with E-state index in [9.17, 15) is 4.79 Å². The Morgan fingerprint density at radius 2 is 2.04 bits per heavy atom. The highest BCUT2D eigenvalue weighted by molar-refractivity contribution is 9.11. The summed E-state index contributed by atoms with van der Waals surface area (Å²) in [7, 11) is 1.60. The van der Waals surface area contributed by atoms with E-state index in [1.165, 1.54) is 0 Å². The Hall–Kier alpha value is -1.87. The van der Waals surface area contributed by atoms with E-state index >= 15 is 0 Å². The summed E-state index contributed by atoms with van der Waals surface area (Å²) in [4.78, 5) is 22.3. The minimum absolute atomic E-state index is 0.160. The number of benzene rings is 1. The topological polar surface area (TPSA) is 90.6 Å². The number of rotatable bonds is 3. The highest BCUT2D eigenvalue weighted by Crippen LogP contribution is 2.40. The van der Waals surface area contributed by atoms with E-state index in [4.69, 9.17) is 15.2 Å². The zero-order valence-electron chi connectivity index (χ0n) is 13.7. The summed E-state index contributed by atoms with van der Waals surface area (Å²) in [6.07, 6.45) is -0.377. The van der Waals surface area contributed by atoms with Gasteiger partial charge in [0.1, 0.15) is 5.75 Å². The van der Waals surface area contributed by atoms with E-state index in [2.05, 4.69) is 41.8 Å². The molecule has 0 bridgehead atoms. The minimum atomic E-state index is -0.377. The molecule has 132 valence electrons. The molecule has 25 heavy (non-hydrogen) atoms. The van der Waals surface area contributed by atoms with Crippen LogP contribution in [0.25, 0.3) is 11.3 Å². The summed E-state index contributed by atoms with van der Waals surface area (Å²) < 4.78 is 12.1. The number of hydrogen-bond acceptors (Lipinski definition) is 6. The number of methoxy groups -OCH3 is 1. The fourth-order valence-corrected chi connectivity index (χ4v) is 4.05. The number of nitrogens with two attached hydrogens (primary N) is 1. The van der Waals surface area contributed by atoms with Crippen molar-refractivity contribution in [2.45, 2.75) is 20.0 Å². The predicted molar refractivity (Wildman–Crippen MR) is 100 cm³/mol. The number of fused-ring (bicyclic) bond motifs is 1. The first kappa shape index (κ1) is 17.9. The van der Waals surface area contributed by atoms with Crippen LogP contribution >= 0.6 is 31.9 Å². The number of ether oxygens (including phenoxy) is 2. The molecule has 1 amide bonds. The quantitative estimate of drug-likeness (QED) is 0.733. The third-order valence-corrected chi connectivity index (χ3v) is 5.10. The monoisotopic (exact) mass is 470 g/mol. The molecule has 0 saturated heterocycles. The molecule has 7 nitrogen and oxygen atoms in total. The van der Waals surface area contributed by atoms with Crippen LogP contribution in [0.15, 0.2) is 21.1 Å². The lowest BCUT2D eigenvalue weighted by Gasteiger charge is -2.14. The summed E-state index contributed by atoms with van der Waals surface area (Å²) >= 11 is 7.01. The highest BCUT2D eigenvalue weighted by atomic mass is 79.9. The Kier molecular flexibility index (Phi) is 5.14. The Morgan fingerprint density at radius 3 is 2.72 bits per heavy atom. The fraction of sp³-hybridized carbons (Fsp3) is 0.312. The minimum Gasteiger partial charge on any atom is -0.496 e. The van der Waals surface area contributed by atoms with Crippen molar-refractivity contribution >= 4 is 43.9 Å². The van der Waals surface area contributed by atoms with Gasteiger partial charge < -0.3 is 15.2 Å². The molecule has 0 atom stereocenters. The standard InChI is InChI=1S/C16H16Br2N4O3/c1-3-25-16(23)22-6-9-12(7-22)20-15(19)21-14(9)8-4-13(24-2)11(18)5-10(8)17/h4-5H,3,6-7H2,1-2H3,(H2,19,20,21). The van der Waals surface area contributed by atoms with Gasteiger partial charge in [-0.3, -0.25) is 4.90 Å². The summed E-state index contributed by atoms with van der Waals surface area (Å²) in [5, 5.41) is 0. The molecule has 9 heteroatoms. The molecule has 1 aromatic carbocycles. The van der Waals surface area contributed by atoms with E-state index in [0.29, 0.717) is 31.1 Å². The SMILES string of the molecule is CCOC(=O)N1Cc2nc(N)nc(-c3cc(OC)c(Br)cc3Br)c2C1. The van der Waals surface area contributed by atoms with E-state index in [1.807, 2.05) is 12.1 Å². The summed E-state index contributed by atoms with van der Waals surface area (Å²) in [6.45, 7) is 2.81. The molecular formula is C16H16Br2N4O3. The zero-order chi connectivity index (χ0) is 18.1. The van der Waals surface area contributed by atoms with Crippen molar-refractivity contribution in [1.82, 2.24) is 14.9 Å². The van der Waals surface area contributed by atoms with Crippen molar-refractivity contribution in [3.05, 3.63) is 32.3 Å². The van der Waals surface area contributed by atoms with Gasteiger partial charge in [0, 0.05) is 15.6 Å². The van der Waals surface area contributed by atoms with Crippen molar-refractivity contribution in [3.8, 4) is 17.0 Å². The van der Waals surface area contributed by atoms with Crippen LogP contribution in [-0.2, 0) is 17.8 Å². The van der Waals surface area contributed by atoms with Crippen molar-refractivity contribution in [3.63, 3.8) is 0 Å². The molecule has 0 fully saturated rings. The molecule has 3 rings (SSSR count). The lowest BCUT2D eigenvalue weighted by molar-refractivity contribution is 0.106. The Labute approximate surface area is 161 Å². The summed E-state index contributed by atoms with van der Waals surface area (Å²) in [5.74, 6) is 0.831. The number of carbonyl (C=O) groups is 1. The molecule has 0 radical (unpaired) electrons. The lowest BCUT2D eigenvalue weighted by Crippen LogP contribution is -2.26. The third-order valence-electron chi connectivity index (χ3n) is 3.82. The Morgan fingerprint density at radius 1 is 1.28 bits per heavy atom. The average Bonchev–Trinajstić information content (AvgIpc) is 2.98. The van der Waals surface area contributed by atoms with Crippen LogP contribution in [0.3, 0.4) is 0 Å². The maximum absolute atomic E-state index is 12.0. The maximum atomic E-state index is 12.0. The van der Waals surface area contributed by atoms with Crippen molar-refractivity contribution in [1.29, 1.82) is 0 Å². The number of amides is 1. The number of nitrogen functional groups attached to an aromatic ring is 1. The van der Waals surface area contributed by atoms with E-state index in [1.54, 1.807) is 18.9 Å². The maximum Gasteiger partial charge on any atom is 0.410 e. The van der Waals surface area contributed by atoms with Crippen molar-refractivity contribution in [2.75, 3.05) is 19.5 Å². The van der Waals surface area contributed by atoms with Gasteiger partial charge in [-0.05, 0) is 35.0 Å². The Balaban J connectivity index is 2.08. The number of carbonyl (C=O) groups excluding carboxylic acids is 1. The first-order valence-electron chi connectivity index (χ1n) is 7.55. The second kappa shape index (κ2) is 7.17. The molecule has 2 N–H and O–H groups in total.